The third-order valence-electron chi connectivity index (χ3n) is 5.29. The Balaban J connectivity index is 0. The van der Waals surface area contributed by atoms with Gasteiger partial charge in [-0.2, -0.15) is 0 Å². The van der Waals surface area contributed by atoms with E-state index in [4.69, 9.17) is 10.2 Å². The first-order chi connectivity index (χ1) is 14.0. The van der Waals surface area contributed by atoms with Gasteiger partial charge in [-0.15, -0.1) is 0 Å². The van der Waals surface area contributed by atoms with Gasteiger partial charge < -0.3 is 15.5 Å². The molecule has 168 valence electrons. The number of anilines is 1. The SMILES string of the molecule is CCCCCCCCCCCCCCCCNc1cc(C(=O)O)cc(C(=O)O)c1.[NaH].[NaH]. The van der Waals surface area contributed by atoms with Crippen molar-refractivity contribution in [3.05, 3.63) is 29.3 Å². The van der Waals surface area contributed by atoms with Gasteiger partial charge in [-0.05, 0) is 24.6 Å². The Hall–Kier alpha value is -0.0400. The van der Waals surface area contributed by atoms with Gasteiger partial charge in [0.25, 0.3) is 0 Å². The summed E-state index contributed by atoms with van der Waals surface area (Å²) in [5.41, 5.74) is 0.540. The van der Waals surface area contributed by atoms with Crippen molar-refractivity contribution in [2.24, 2.45) is 0 Å². The molecule has 0 heterocycles. The van der Waals surface area contributed by atoms with E-state index in [0.29, 0.717) is 5.69 Å². The van der Waals surface area contributed by atoms with Gasteiger partial charge in [-0.25, -0.2) is 9.59 Å². The Bertz CT molecular complexity index is 579. The molecule has 0 bridgehead atoms. The third kappa shape index (κ3) is 17.1. The number of aromatic carboxylic acids is 2. The molecule has 0 spiro atoms. The molecule has 0 radical (unpaired) electrons. The van der Waals surface area contributed by atoms with Gasteiger partial charge in [-0.1, -0.05) is 90.4 Å². The normalized spacial score (nSPS) is 10.1. The van der Waals surface area contributed by atoms with E-state index in [1.165, 1.54) is 95.2 Å². The zero-order valence-electron chi connectivity index (χ0n) is 18.0. The van der Waals surface area contributed by atoms with Crippen molar-refractivity contribution in [1.29, 1.82) is 0 Å². The summed E-state index contributed by atoms with van der Waals surface area (Å²) < 4.78 is 0. The topological polar surface area (TPSA) is 86.6 Å². The standard InChI is InChI=1S/C24H39NO4.2Na.2H/c1-2-3-4-5-6-7-8-9-10-11-12-13-14-15-16-25-22-18-20(23(26)27)17-21(19-22)24(28)29;;;;/h17-19,25H,2-16H2,1H3,(H,26,27)(H,28,29);;;;. The van der Waals surface area contributed by atoms with E-state index in [1.54, 1.807) is 0 Å². The number of unbranched alkanes of at least 4 members (excludes halogenated alkanes) is 13. The van der Waals surface area contributed by atoms with Crippen LogP contribution in [0.3, 0.4) is 0 Å². The van der Waals surface area contributed by atoms with E-state index >= 15 is 0 Å². The van der Waals surface area contributed by atoms with E-state index in [1.807, 2.05) is 0 Å². The quantitative estimate of drug-likeness (QED) is 0.197. The van der Waals surface area contributed by atoms with E-state index in [2.05, 4.69) is 12.2 Å². The fourth-order valence-electron chi connectivity index (χ4n) is 3.53. The molecule has 0 aromatic heterocycles. The fourth-order valence-corrected chi connectivity index (χ4v) is 3.53. The molecule has 7 heteroatoms. The Labute approximate surface area is 232 Å². The van der Waals surface area contributed by atoms with Crippen LogP contribution in [0.5, 0.6) is 0 Å². The zero-order valence-corrected chi connectivity index (χ0v) is 18.0. The van der Waals surface area contributed by atoms with Crippen molar-refractivity contribution >= 4 is 76.7 Å². The van der Waals surface area contributed by atoms with Crippen molar-refractivity contribution in [3.8, 4) is 0 Å². The van der Waals surface area contributed by atoms with Gasteiger partial charge in [0, 0.05) is 12.2 Å². The summed E-state index contributed by atoms with van der Waals surface area (Å²) in [6.45, 7) is 2.98. The average molecular weight is 454 g/mol. The summed E-state index contributed by atoms with van der Waals surface area (Å²) >= 11 is 0. The van der Waals surface area contributed by atoms with Crippen molar-refractivity contribution in [2.75, 3.05) is 11.9 Å². The molecule has 5 nitrogen and oxygen atoms in total. The molecule has 0 atom stereocenters. The summed E-state index contributed by atoms with van der Waals surface area (Å²) in [7, 11) is 0. The van der Waals surface area contributed by atoms with Gasteiger partial charge in [0.1, 0.15) is 0 Å². The van der Waals surface area contributed by atoms with E-state index in [0.717, 1.165) is 19.4 Å². The number of hydrogen-bond donors (Lipinski definition) is 3. The molecule has 3 N–H and O–H groups in total. The molecule has 0 saturated carbocycles. The molecule has 1 aromatic carbocycles. The van der Waals surface area contributed by atoms with Crippen LogP contribution < -0.4 is 5.32 Å². The Morgan fingerprint density at radius 1 is 0.645 bits per heavy atom. The van der Waals surface area contributed by atoms with Gasteiger partial charge in [0.2, 0.25) is 0 Å². The molecule has 0 saturated heterocycles. The van der Waals surface area contributed by atoms with Crippen LogP contribution in [0.2, 0.25) is 0 Å². The van der Waals surface area contributed by atoms with Crippen LogP contribution in [0.4, 0.5) is 5.69 Å². The van der Waals surface area contributed by atoms with Crippen LogP contribution in [0, 0.1) is 0 Å². The van der Waals surface area contributed by atoms with Crippen molar-refractivity contribution in [1.82, 2.24) is 0 Å². The number of benzene rings is 1. The summed E-state index contributed by atoms with van der Waals surface area (Å²) in [5, 5.41) is 21.3. The number of rotatable bonds is 18. The summed E-state index contributed by atoms with van der Waals surface area (Å²) in [6, 6.07) is 4.15. The third-order valence-corrected chi connectivity index (χ3v) is 5.29. The molecule has 0 unspecified atom stereocenters. The van der Waals surface area contributed by atoms with Gasteiger partial charge >= 0.3 is 71.1 Å². The second-order valence-corrected chi connectivity index (χ2v) is 7.93. The second-order valence-electron chi connectivity index (χ2n) is 7.93. The van der Waals surface area contributed by atoms with Crippen LogP contribution in [0.15, 0.2) is 18.2 Å². The first-order valence-corrected chi connectivity index (χ1v) is 11.4. The van der Waals surface area contributed by atoms with Crippen molar-refractivity contribution < 1.29 is 19.8 Å². The predicted molar refractivity (Wildman–Crippen MR) is 133 cm³/mol. The molecule has 0 aliphatic carbocycles. The second kappa shape index (κ2) is 21.8. The van der Waals surface area contributed by atoms with Crippen LogP contribution in [0.25, 0.3) is 0 Å². The van der Waals surface area contributed by atoms with Crippen molar-refractivity contribution in [3.63, 3.8) is 0 Å². The van der Waals surface area contributed by atoms with Crippen LogP contribution in [-0.4, -0.2) is 87.8 Å². The molecule has 0 aliphatic heterocycles. The summed E-state index contributed by atoms with van der Waals surface area (Å²) in [4.78, 5) is 22.2. The molecule has 0 aliphatic rings. The molecule has 1 rings (SSSR count). The predicted octanol–water partition coefficient (Wildman–Crippen LogP) is 5.68. The molecular weight excluding hydrogens is 412 g/mol. The number of nitrogens with one attached hydrogen (secondary N) is 1. The van der Waals surface area contributed by atoms with Crippen LogP contribution in [-0.2, 0) is 0 Å². The average Bonchev–Trinajstić information content (AvgIpc) is 2.70. The summed E-state index contributed by atoms with van der Waals surface area (Å²) in [5.74, 6) is -2.24. The molecular formula is C24H41NNa2O4. The molecule has 0 fully saturated rings. The number of carbonyl (C=O) groups is 2. The Morgan fingerprint density at radius 2 is 1.00 bits per heavy atom. The van der Waals surface area contributed by atoms with E-state index in [9.17, 15) is 9.59 Å². The molecule has 31 heavy (non-hydrogen) atoms. The Morgan fingerprint density at radius 3 is 1.35 bits per heavy atom. The fraction of sp³-hybridized carbons (Fsp3) is 0.667. The minimum atomic E-state index is -1.12. The first-order valence-electron chi connectivity index (χ1n) is 11.4. The van der Waals surface area contributed by atoms with Crippen LogP contribution in [0.1, 0.15) is 118 Å². The first kappa shape index (κ1) is 33.1. The Kier molecular flexibility index (Phi) is 23.3. The number of carboxylic acids is 2. The van der Waals surface area contributed by atoms with Gasteiger partial charge in [-0.3, -0.25) is 0 Å². The minimum absolute atomic E-state index is 0. The molecule has 1 aromatic rings. The van der Waals surface area contributed by atoms with Gasteiger partial charge in [0.05, 0.1) is 11.1 Å². The van der Waals surface area contributed by atoms with Crippen LogP contribution >= 0.6 is 0 Å². The number of hydrogen-bond acceptors (Lipinski definition) is 3. The maximum atomic E-state index is 11.1. The maximum absolute atomic E-state index is 11.1. The zero-order chi connectivity index (χ0) is 21.3. The van der Waals surface area contributed by atoms with Gasteiger partial charge in [0.15, 0.2) is 0 Å². The molecule has 0 amide bonds. The summed E-state index contributed by atoms with van der Waals surface area (Å²) in [6.07, 6.45) is 18.3. The van der Waals surface area contributed by atoms with Crippen molar-refractivity contribution in [2.45, 2.75) is 96.8 Å². The number of carboxylic acid groups (broad SMARTS) is 2. The monoisotopic (exact) mass is 453 g/mol. The van der Waals surface area contributed by atoms with E-state index < -0.39 is 11.9 Å². The van der Waals surface area contributed by atoms with E-state index in [-0.39, 0.29) is 70.2 Å².